The summed E-state index contributed by atoms with van der Waals surface area (Å²) in [7, 11) is -3.93. The highest BCUT2D eigenvalue weighted by Gasteiger charge is 2.46. The standard InChI is InChI=1S/C17H15ClF3N3O2S/c1-10-2-3-12(8-14(10)18)16(23-9-15(24-16)17(19,20)21)11-4-6-13(7-5-11)27(22,25)26/h2-9,23-24H,1H3,(H2,22,25,26). The monoisotopic (exact) mass is 417 g/mol. The third-order valence-corrected chi connectivity index (χ3v) is 5.62. The number of aryl methyl sites for hydroxylation is 1. The van der Waals surface area contributed by atoms with Crippen molar-refractivity contribution in [2.24, 2.45) is 5.14 Å². The first-order valence-corrected chi connectivity index (χ1v) is 9.59. The zero-order chi connectivity index (χ0) is 20.0. The fourth-order valence-corrected chi connectivity index (χ4v) is 3.50. The maximum atomic E-state index is 13.2. The van der Waals surface area contributed by atoms with Crippen LogP contribution in [0.3, 0.4) is 0 Å². The summed E-state index contributed by atoms with van der Waals surface area (Å²) < 4.78 is 62.5. The lowest BCUT2D eigenvalue weighted by Gasteiger charge is -2.33. The van der Waals surface area contributed by atoms with Gasteiger partial charge in [-0.25, -0.2) is 13.6 Å². The number of benzene rings is 2. The summed E-state index contributed by atoms with van der Waals surface area (Å²) in [6.45, 7) is 1.77. The van der Waals surface area contributed by atoms with Gasteiger partial charge >= 0.3 is 6.18 Å². The molecule has 2 aromatic carbocycles. The van der Waals surface area contributed by atoms with E-state index in [1.165, 1.54) is 24.3 Å². The lowest BCUT2D eigenvalue weighted by atomic mass is 9.91. The third kappa shape index (κ3) is 3.62. The van der Waals surface area contributed by atoms with E-state index in [4.69, 9.17) is 16.7 Å². The van der Waals surface area contributed by atoms with Crippen LogP contribution in [-0.2, 0) is 15.7 Å². The fourth-order valence-electron chi connectivity index (χ4n) is 2.81. The van der Waals surface area contributed by atoms with E-state index in [1.54, 1.807) is 25.1 Å². The molecule has 0 aliphatic carbocycles. The predicted octanol–water partition coefficient (Wildman–Crippen LogP) is 3.09. The molecule has 1 heterocycles. The Morgan fingerprint density at radius 1 is 1.07 bits per heavy atom. The topological polar surface area (TPSA) is 84.2 Å². The van der Waals surface area contributed by atoms with Crippen molar-refractivity contribution in [3.8, 4) is 0 Å². The number of nitrogens with two attached hydrogens (primary N) is 1. The summed E-state index contributed by atoms with van der Waals surface area (Å²) in [6.07, 6.45) is -3.76. The van der Waals surface area contributed by atoms with Gasteiger partial charge < -0.3 is 10.6 Å². The first-order chi connectivity index (χ1) is 12.4. The average molecular weight is 418 g/mol. The molecule has 1 aliphatic heterocycles. The fraction of sp³-hybridized carbons (Fsp3) is 0.176. The van der Waals surface area contributed by atoms with Crippen molar-refractivity contribution < 1.29 is 21.6 Å². The highest BCUT2D eigenvalue weighted by Crippen LogP contribution is 2.37. The minimum atomic E-state index is -4.59. The molecule has 10 heteroatoms. The van der Waals surface area contributed by atoms with Gasteiger partial charge in [0.05, 0.1) is 4.90 Å². The Morgan fingerprint density at radius 3 is 2.15 bits per heavy atom. The van der Waals surface area contributed by atoms with Crippen LogP contribution in [0.1, 0.15) is 16.7 Å². The zero-order valence-electron chi connectivity index (χ0n) is 13.9. The predicted molar refractivity (Wildman–Crippen MR) is 95.2 cm³/mol. The molecule has 0 amide bonds. The maximum Gasteiger partial charge on any atom is 0.432 e. The molecular formula is C17H15ClF3N3O2S. The van der Waals surface area contributed by atoms with Crippen LogP contribution < -0.4 is 15.8 Å². The SMILES string of the molecule is Cc1ccc(C2(c3ccc(S(N)(=O)=O)cc3)NC=C(C(F)(F)F)N2)cc1Cl. The van der Waals surface area contributed by atoms with Gasteiger partial charge in [-0.3, -0.25) is 0 Å². The van der Waals surface area contributed by atoms with Crippen LogP contribution in [0.15, 0.2) is 59.3 Å². The molecule has 0 fully saturated rings. The van der Waals surface area contributed by atoms with Gasteiger partial charge in [-0.05, 0) is 30.7 Å². The zero-order valence-corrected chi connectivity index (χ0v) is 15.5. The van der Waals surface area contributed by atoms with Gasteiger partial charge in [-0.2, -0.15) is 13.2 Å². The van der Waals surface area contributed by atoms with E-state index in [2.05, 4.69) is 10.6 Å². The van der Waals surface area contributed by atoms with Crippen LogP contribution in [0.5, 0.6) is 0 Å². The number of halogens is 4. The number of hydrogen-bond donors (Lipinski definition) is 3. The lowest BCUT2D eigenvalue weighted by molar-refractivity contribution is -0.0972. The smallest absolute Gasteiger partial charge is 0.360 e. The van der Waals surface area contributed by atoms with E-state index in [0.717, 1.165) is 11.8 Å². The van der Waals surface area contributed by atoms with Gasteiger partial charge in [-0.1, -0.05) is 35.9 Å². The van der Waals surface area contributed by atoms with Gasteiger partial charge in [-0.15, -0.1) is 0 Å². The molecule has 0 aromatic heterocycles. The number of nitrogens with one attached hydrogen (secondary N) is 2. The Hall–Kier alpha value is -2.23. The van der Waals surface area contributed by atoms with Crippen molar-refractivity contribution in [2.75, 3.05) is 0 Å². The van der Waals surface area contributed by atoms with Crippen molar-refractivity contribution in [3.05, 3.63) is 76.1 Å². The molecule has 1 atom stereocenters. The minimum Gasteiger partial charge on any atom is -0.360 e. The number of hydrogen-bond acceptors (Lipinski definition) is 4. The first kappa shape index (κ1) is 19.5. The quantitative estimate of drug-likeness (QED) is 0.716. The van der Waals surface area contributed by atoms with Crippen molar-refractivity contribution in [1.29, 1.82) is 0 Å². The molecule has 144 valence electrons. The number of primary sulfonamides is 1. The normalized spacial score (nSPS) is 20.0. The molecule has 0 saturated carbocycles. The Balaban J connectivity index is 2.13. The van der Waals surface area contributed by atoms with Gasteiger partial charge in [0, 0.05) is 22.3 Å². The Kier molecular flexibility index (Phi) is 4.65. The van der Waals surface area contributed by atoms with E-state index in [1.807, 2.05) is 0 Å². The summed E-state index contributed by atoms with van der Waals surface area (Å²) in [5, 5.41) is 10.7. The summed E-state index contributed by atoms with van der Waals surface area (Å²) >= 11 is 6.16. The molecule has 1 aliphatic rings. The van der Waals surface area contributed by atoms with Crippen LogP contribution in [0, 0.1) is 6.92 Å². The van der Waals surface area contributed by atoms with E-state index in [-0.39, 0.29) is 4.90 Å². The largest absolute Gasteiger partial charge is 0.432 e. The van der Waals surface area contributed by atoms with E-state index in [0.29, 0.717) is 16.1 Å². The second kappa shape index (κ2) is 6.43. The molecule has 0 saturated heterocycles. The molecule has 5 nitrogen and oxygen atoms in total. The molecule has 4 N–H and O–H groups in total. The second-order valence-corrected chi connectivity index (χ2v) is 8.08. The van der Waals surface area contributed by atoms with E-state index < -0.39 is 27.6 Å². The summed E-state index contributed by atoms with van der Waals surface area (Å²) in [4.78, 5) is -0.148. The molecular weight excluding hydrogens is 403 g/mol. The molecule has 3 rings (SSSR count). The van der Waals surface area contributed by atoms with Crippen LogP contribution in [0.25, 0.3) is 0 Å². The first-order valence-electron chi connectivity index (χ1n) is 7.67. The van der Waals surface area contributed by atoms with Crippen LogP contribution >= 0.6 is 11.6 Å². The molecule has 0 bridgehead atoms. The highest BCUT2D eigenvalue weighted by molar-refractivity contribution is 7.89. The maximum absolute atomic E-state index is 13.2. The molecule has 0 spiro atoms. The van der Waals surface area contributed by atoms with E-state index in [9.17, 15) is 21.6 Å². The molecule has 1 unspecified atom stereocenters. The van der Waals surface area contributed by atoms with Crippen molar-refractivity contribution in [2.45, 2.75) is 23.7 Å². The minimum absolute atomic E-state index is 0.148. The van der Waals surface area contributed by atoms with Gasteiger partial charge in [0.25, 0.3) is 0 Å². The second-order valence-electron chi connectivity index (χ2n) is 6.11. The van der Waals surface area contributed by atoms with Crippen LogP contribution in [0.4, 0.5) is 13.2 Å². The van der Waals surface area contributed by atoms with Crippen molar-refractivity contribution >= 4 is 21.6 Å². The lowest BCUT2D eigenvalue weighted by Crippen LogP contribution is -2.49. The summed E-state index contributed by atoms with van der Waals surface area (Å²) in [5.41, 5.74) is -0.891. The summed E-state index contributed by atoms with van der Waals surface area (Å²) in [5.74, 6) is 0. The Bertz CT molecular complexity index is 1020. The van der Waals surface area contributed by atoms with E-state index >= 15 is 0 Å². The van der Waals surface area contributed by atoms with Crippen molar-refractivity contribution in [1.82, 2.24) is 10.6 Å². The average Bonchev–Trinajstić information content (AvgIpc) is 3.03. The molecule has 0 radical (unpaired) electrons. The van der Waals surface area contributed by atoms with Crippen LogP contribution in [0.2, 0.25) is 5.02 Å². The van der Waals surface area contributed by atoms with Gasteiger partial charge in [0.15, 0.2) is 5.66 Å². The number of sulfonamides is 1. The summed E-state index contributed by atoms with van der Waals surface area (Å²) in [6, 6.07) is 10.1. The van der Waals surface area contributed by atoms with Crippen molar-refractivity contribution in [3.63, 3.8) is 0 Å². The highest BCUT2D eigenvalue weighted by atomic mass is 35.5. The third-order valence-electron chi connectivity index (χ3n) is 4.28. The Morgan fingerprint density at radius 2 is 1.67 bits per heavy atom. The van der Waals surface area contributed by atoms with Gasteiger partial charge in [0.2, 0.25) is 10.0 Å². The van der Waals surface area contributed by atoms with Crippen LogP contribution in [-0.4, -0.2) is 14.6 Å². The number of rotatable bonds is 3. The number of alkyl halides is 3. The molecule has 27 heavy (non-hydrogen) atoms. The Labute approximate surface area is 159 Å². The van der Waals surface area contributed by atoms with Gasteiger partial charge in [0.1, 0.15) is 5.70 Å². The molecule has 2 aromatic rings. The number of allylic oxidation sites excluding steroid dienone is 1.